The van der Waals surface area contributed by atoms with Crippen LogP contribution in [0.2, 0.25) is 0 Å². The summed E-state index contributed by atoms with van der Waals surface area (Å²) in [6, 6.07) is 26.0. The number of anilines is 1. The summed E-state index contributed by atoms with van der Waals surface area (Å²) in [4.78, 5) is 27.8. The minimum atomic E-state index is -0.0937. The first-order valence-electron chi connectivity index (χ1n) is 14.1. The largest absolute Gasteiger partial charge is 0.396 e. The van der Waals surface area contributed by atoms with Crippen LogP contribution in [0.15, 0.2) is 78.9 Å². The van der Waals surface area contributed by atoms with Crippen molar-refractivity contribution >= 4 is 28.9 Å². The average molecular weight is 525 g/mol. The molecule has 4 rings (SSSR count). The highest BCUT2D eigenvalue weighted by atomic mass is 16.2. The molecular formula is C33H40N4O2. The van der Waals surface area contributed by atoms with Crippen LogP contribution in [0.5, 0.6) is 0 Å². The lowest BCUT2D eigenvalue weighted by Gasteiger charge is -2.30. The molecule has 0 aromatic heterocycles. The molecule has 0 fully saturated rings. The molecule has 0 spiro atoms. The molecule has 3 aromatic carbocycles. The van der Waals surface area contributed by atoms with Crippen LogP contribution >= 0.6 is 0 Å². The van der Waals surface area contributed by atoms with Crippen molar-refractivity contribution < 1.29 is 9.59 Å². The molecule has 6 heteroatoms. The Morgan fingerprint density at radius 2 is 1.51 bits per heavy atom. The Hall–Kier alpha value is -4.06. The highest BCUT2D eigenvalue weighted by Gasteiger charge is 2.26. The number of nitrogens with two attached hydrogens (primary N) is 1. The van der Waals surface area contributed by atoms with Gasteiger partial charge in [-0.3, -0.25) is 9.59 Å². The van der Waals surface area contributed by atoms with Crippen molar-refractivity contribution in [2.24, 2.45) is 5.73 Å². The second kappa shape index (κ2) is 14.2. The maximum atomic E-state index is 13.6. The van der Waals surface area contributed by atoms with E-state index in [0.29, 0.717) is 25.3 Å². The Morgan fingerprint density at radius 1 is 0.821 bits per heavy atom. The summed E-state index contributed by atoms with van der Waals surface area (Å²) >= 11 is 0. The minimum absolute atomic E-state index is 0.0774. The maximum absolute atomic E-state index is 13.6. The lowest BCUT2D eigenvalue weighted by molar-refractivity contribution is -0.125. The molecule has 0 saturated carbocycles. The zero-order valence-corrected chi connectivity index (χ0v) is 22.9. The van der Waals surface area contributed by atoms with Gasteiger partial charge < -0.3 is 21.3 Å². The smallest absolute Gasteiger partial charge is 0.227 e. The van der Waals surface area contributed by atoms with Gasteiger partial charge in [0.15, 0.2) is 0 Å². The van der Waals surface area contributed by atoms with Crippen LogP contribution in [-0.2, 0) is 22.7 Å². The highest BCUT2D eigenvalue weighted by Crippen LogP contribution is 2.35. The van der Waals surface area contributed by atoms with E-state index < -0.39 is 0 Å². The first-order valence-corrected chi connectivity index (χ1v) is 14.1. The van der Waals surface area contributed by atoms with Crippen molar-refractivity contribution in [2.45, 2.75) is 65.0 Å². The Labute approximate surface area is 232 Å². The Kier molecular flexibility index (Phi) is 10.2. The fourth-order valence-electron chi connectivity index (χ4n) is 4.97. The van der Waals surface area contributed by atoms with Crippen molar-refractivity contribution in [3.05, 3.63) is 101 Å². The Morgan fingerprint density at radius 3 is 2.31 bits per heavy atom. The number of carbonyl (C=O) groups is 2. The number of carbonyl (C=O) groups excluding carboxylic acids is 2. The molecule has 1 aliphatic heterocycles. The number of nitrogens with one attached hydrogen (secondary N) is 2. The zero-order valence-electron chi connectivity index (χ0n) is 22.9. The standard InChI is InChI=1S/C33H40N4O2/c1-2-3-4-5-13-22-35-30(38)20-21-31(39)37-24-26-16-9-10-17-27(26)33(36-23-25-14-7-6-8-15-25)32(34)28-18-11-12-19-29(28)37/h6-12,14-19,36H,2-5,13,20-24,34H2,1H3,(H,35,38)/b33-32-. The van der Waals surface area contributed by atoms with E-state index in [1.54, 1.807) is 4.90 Å². The molecule has 204 valence electrons. The number of fused-ring (bicyclic) bond motifs is 2. The third-order valence-electron chi connectivity index (χ3n) is 7.15. The van der Waals surface area contributed by atoms with Crippen molar-refractivity contribution in [1.29, 1.82) is 0 Å². The second-order valence-corrected chi connectivity index (χ2v) is 10.0. The zero-order chi connectivity index (χ0) is 27.5. The molecule has 0 unspecified atom stereocenters. The van der Waals surface area contributed by atoms with Gasteiger partial charge in [-0.05, 0) is 23.6 Å². The molecule has 1 aliphatic rings. The van der Waals surface area contributed by atoms with E-state index in [1.807, 2.05) is 66.7 Å². The van der Waals surface area contributed by atoms with Crippen LogP contribution in [0, 0.1) is 0 Å². The molecule has 0 saturated heterocycles. The van der Waals surface area contributed by atoms with E-state index in [-0.39, 0.29) is 24.7 Å². The molecule has 0 bridgehead atoms. The summed E-state index contributed by atoms with van der Waals surface area (Å²) < 4.78 is 0. The van der Waals surface area contributed by atoms with Gasteiger partial charge in [0.2, 0.25) is 11.8 Å². The number of para-hydroxylation sites is 1. The van der Waals surface area contributed by atoms with Gasteiger partial charge in [0.05, 0.1) is 23.6 Å². The molecule has 6 nitrogen and oxygen atoms in total. The fourth-order valence-corrected chi connectivity index (χ4v) is 4.97. The highest BCUT2D eigenvalue weighted by molar-refractivity contribution is 6.01. The topological polar surface area (TPSA) is 87.5 Å². The molecule has 39 heavy (non-hydrogen) atoms. The molecule has 0 aliphatic carbocycles. The van der Waals surface area contributed by atoms with E-state index in [4.69, 9.17) is 5.73 Å². The molecular weight excluding hydrogens is 484 g/mol. The van der Waals surface area contributed by atoms with Gasteiger partial charge in [-0.2, -0.15) is 0 Å². The number of unbranched alkanes of at least 4 members (excludes halogenated alkanes) is 4. The van der Waals surface area contributed by atoms with Crippen molar-refractivity contribution in [3.8, 4) is 0 Å². The summed E-state index contributed by atoms with van der Waals surface area (Å²) in [7, 11) is 0. The maximum Gasteiger partial charge on any atom is 0.227 e. The van der Waals surface area contributed by atoms with Crippen LogP contribution in [0.25, 0.3) is 11.4 Å². The molecule has 0 atom stereocenters. The minimum Gasteiger partial charge on any atom is -0.396 e. The third kappa shape index (κ3) is 7.50. The second-order valence-electron chi connectivity index (χ2n) is 10.0. The monoisotopic (exact) mass is 524 g/mol. The lowest BCUT2D eigenvalue weighted by atomic mass is 9.95. The summed E-state index contributed by atoms with van der Waals surface area (Å²) in [5.74, 6) is -0.171. The van der Waals surface area contributed by atoms with Gasteiger partial charge in [0.25, 0.3) is 0 Å². The average Bonchev–Trinajstić information content (AvgIpc) is 2.97. The molecule has 4 N–H and O–H groups in total. The van der Waals surface area contributed by atoms with Gasteiger partial charge in [-0.25, -0.2) is 0 Å². The fraction of sp³-hybridized carbons (Fsp3) is 0.333. The number of rotatable bonds is 12. The van der Waals surface area contributed by atoms with Crippen LogP contribution in [-0.4, -0.2) is 18.4 Å². The number of amides is 2. The third-order valence-corrected chi connectivity index (χ3v) is 7.15. The lowest BCUT2D eigenvalue weighted by Crippen LogP contribution is -2.34. The van der Waals surface area contributed by atoms with E-state index in [2.05, 4.69) is 29.7 Å². The van der Waals surface area contributed by atoms with E-state index in [0.717, 1.165) is 46.5 Å². The molecule has 2 amide bonds. The number of hydrogen-bond donors (Lipinski definition) is 3. The molecule has 1 heterocycles. The normalized spacial score (nSPS) is 14.5. The number of nitrogens with zero attached hydrogens (tertiary/aromatic N) is 1. The van der Waals surface area contributed by atoms with Crippen molar-refractivity contribution in [1.82, 2.24) is 10.6 Å². The Bertz CT molecular complexity index is 1290. The first kappa shape index (κ1) is 28.0. The summed E-state index contributed by atoms with van der Waals surface area (Å²) in [6.45, 7) is 3.88. The van der Waals surface area contributed by atoms with Crippen LogP contribution < -0.4 is 21.3 Å². The van der Waals surface area contributed by atoms with Gasteiger partial charge in [-0.15, -0.1) is 0 Å². The SMILES string of the molecule is CCCCCCCNC(=O)CCC(=O)N1Cc2ccccc2/C(NCc2ccccc2)=C(/N)c2ccccc21. The van der Waals surface area contributed by atoms with Gasteiger partial charge in [-0.1, -0.05) is 105 Å². The predicted octanol–water partition coefficient (Wildman–Crippen LogP) is 5.97. The van der Waals surface area contributed by atoms with E-state index >= 15 is 0 Å². The summed E-state index contributed by atoms with van der Waals surface area (Å²) in [5, 5.41) is 6.54. The van der Waals surface area contributed by atoms with Crippen LogP contribution in [0.4, 0.5) is 5.69 Å². The number of benzene rings is 3. The first-order chi connectivity index (χ1) is 19.1. The molecule has 0 radical (unpaired) electrons. The van der Waals surface area contributed by atoms with Crippen molar-refractivity contribution in [3.63, 3.8) is 0 Å². The summed E-state index contributed by atoms with van der Waals surface area (Å²) in [5.41, 5.74) is 13.0. The summed E-state index contributed by atoms with van der Waals surface area (Å²) in [6.07, 6.45) is 6.03. The molecule has 3 aromatic rings. The van der Waals surface area contributed by atoms with Gasteiger partial charge in [0, 0.05) is 37.1 Å². The van der Waals surface area contributed by atoms with Crippen LogP contribution in [0.3, 0.4) is 0 Å². The quantitative estimate of drug-likeness (QED) is 0.255. The Balaban J connectivity index is 1.52. The van der Waals surface area contributed by atoms with Crippen molar-refractivity contribution in [2.75, 3.05) is 11.4 Å². The van der Waals surface area contributed by atoms with Gasteiger partial charge in [0.1, 0.15) is 0 Å². The predicted molar refractivity (Wildman–Crippen MR) is 159 cm³/mol. The van der Waals surface area contributed by atoms with E-state index in [9.17, 15) is 9.59 Å². The van der Waals surface area contributed by atoms with Crippen LogP contribution in [0.1, 0.15) is 74.1 Å². The number of hydrogen-bond acceptors (Lipinski definition) is 4. The van der Waals surface area contributed by atoms with E-state index in [1.165, 1.54) is 19.3 Å². The van der Waals surface area contributed by atoms with Gasteiger partial charge >= 0.3 is 0 Å².